The molecule has 1 heterocycles. The van der Waals surface area contributed by atoms with Gasteiger partial charge in [-0.15, -0.1) is 0 Å². The van der Waals surface area contributed by atoms with E-state index in [1.54, 1.807) is 0 Å². The molecule has 1 atom stereocenters. The molecule has 2 rings (SSSR count). The van der Waals surface area contributed by atoms with Crippen LogP contribution in [0.3, 0.4) is 0 Å². The zero-order chi connectivity index (χ0) is 11.5. The van der Waals surface area contributed by atoms with Gasteiger partial charge in [-0.05, 0) is 17.5 Å². The summed E-state index contributed by atoms with van der Waals surface area (Å²) in [6, 6.07) is 7.68. The zero-order valence-electron chi connectivity index (χ0n) is 9.23. The number of rotatable bonds is 2. The van der Waals surface area contributed by atoms with Crippen LogP contribution in [0.15, 0.2) is 29.4 Å². The van der Waals surface area contributed by atoms with Crippen molar-refractivity contribution in [3.63, 3.8) is 0 Å². The van der Waals surface area contributed by atoms with Gasteiger partial charge in [0.1, 0.15) is 0 Å². The van der Waals surface area contributed by atoms with Crippen molar-refractivity contribution in [1.82, 2.24) is 5.43 Å². The van der Waals surface area contributed by atoms with E-state index in [0.717, 1.165) is 17.7 Å². The largest absolute Gasteiger partial charge is 0.320 e. The lowest BCUT2D eigenvalue weighted by Crippen LogP contribution is -2.44. The average molecular weight is 217 g/mol. The first kappa shape index (κ1) is 10.8. The van der Waals surface area contributed by atoms with Crippen molar-refractivity contribution in [2.24, 2.45) is 10.8 Å². The van der Waals surface area contributed by atoms with Crippen LogP contribution in [-0.4, -0.2) is 17.7 Å². The maximum atomic E-state index is 11.1. The van der Waals surface area contributed by atoms with Crippen molar-refractivity contribution in [3.05, 3.63) is 35.4 Å². The van der Waals surface area contributed by atoms with Gasteiger partial charge in [-0.25, -0.2) is 5.43 Å². The number of amides is 1. The minimum absolute atomic E-state index is 0.214. The fourth-order valence-corrected chi connectivity index (χ4v) is 1.67. The molecule has 0 saturated carbocycles. The molecule has 0 fully saturated rings. The molecule has 1 aromatic carbocycles. The molecule has 4 heteroatoms. The second-order valence-corrected chi connectivity index (χ2v) is 3.90. The first-order valence-electron chi connectivity index (χ1n) is 5.42. The Morgan fingerprint density at radius 2 is 2.12 bits per heavy atom. The summed E-state index contributed by atoms with van der Waals surface area (Å²) in [7, 11) is 0. The number of nitrogens with one attached hydrogen (secondary N) is 1. The molecule has 1 aromatic rings. The average Bonchev–Trinajstić information content (AvgIpc) is 2.33. The van der Waals surface area contributed by atoms with Gasteiger partial charge in [0.05, 0.1) is 11.8 Å². The van der Waals surface area contributed by atoms with Crippen LogP contribution in [0.25, 0.3) is 0 Å². The molecule has 0 spiro atoms. The van der Waals surface area contributed by atoms with E-state index in [1.807, 2.05) is 12.1 Å². The van der Waals surface area contributed by atoms with Gasteiger partial charge in [-0.3, -0.25) is 4.79 Å². The second kappa shape index (κ2) is 4.45. The molecular formula is C12H15N3O. The van der Waals surface area contributed by atoms with Crippen molar-refractivity contribution in [3.8, 4) is 0 Å². The van der Waals surface area contributed by atoms with E-state index in [2.05, 4.69) is 29.6 Å². The van der Waals surface area contributed by atoms with Crippen molar-refractivity contribution >= 4 is 11.6 Å². The predicted octanol–water partition coefficient (Wildman–Crippen LogP) is 0.800. The fraction of sp³-hybridized carbons (Fsp3) is 0.333. The van der Waals surface area contributed by atoms with Crippen molar-refractivity contribution in [2.75, 3.05) is 0 Å². The number of hydrogen-bond acceptors (Lipinski definition) is 3. The minimum Gasteiger partial charge on any atom is -0.320 e. The summed E-state index contributed by atoms with van der Waals surface area (Å²) in [5.74, 6) is -0.214. The number of hydrogen-bond donors (Lipinski definition) is 2. The van der Waals surface area contributed by atoms with Gasteiger partial charge in [-0.1, -0.05) is 31.2 Å². The first-order chi connectivity index (χ1) is 7.70. The monoisotopic (exact) mass is 217 g/mol. The topological polar surface area (TPSA) is 67.5 Å². The van der Waals surface area contributed by atoms with E-state index in [9.17, 15) is 4.79 Å². The highest BCUT2D eigenvalue weighted by atomic mass is 16.2. The Balaban J connectivity index is 2.21. The summed E-state index contributed by atoms with van der Waals surface area (Å²) in [5, 5.41) is 4.02. The minimum atomic E-state index is -0.488. The van der Waals surface area contributed by atoms with Crippen molar-refractivity contribution < 1.29 is 4.79 Å². The molecule has 84 valence electrons. The van der Waals surface area contributed by atoms with Crippen LogP contribution in [0, 0.1) is 0 Å². The number of hydrazone groups is 1. The zero-order valence-corrected chi connectivity index (χ0v) is 9.23. The molecule has 1 aliphatic rings. The molecule has 1 amide bonds. The van der Waals surface area contributed by atoms with E-state index in [0.29, 0.717) is 6.42 Å². The second-order valence-electron chi connectivity index (χ2n) is 3.90. The molecule has 3 N–H and O–H groups in total. The Hall–Kier alpha value is -1.68. The van der Waals surface area contributed by atoms with Gasteiger partial charge in [0.25, 0.3) is 5.91 Å². The summed E-state index contributed by atoms with van der Waals surface area (Å²) < 4.78 is 0. The van der Waals surface area contributed by atoms with Gasteiger partial charge in [0.2, 0.25) is 0 Å². The van der Waals surface area contributed by atoms with E-state index < -0.39 is 6.04 Å². The van der Waals surface area contributed by atoms with Gasteiger partial charge in [-0.2, -0.15) is 5.10 Å². The Labute approximate surface area is 94.5 Å². The predicted molar refractivity (Wildman–Crippen MR) is 63.1 cm³/mol. The third-order valence-corrected chi connectivity index (χ3v) is 2.75. The van der Waals surface area contributed by atoms with E-state index in [4.69, 9.17) is 5.73 Å². The summed E-state index contributed by atoms with van der Waals surface area (Å²) in [5.41, 5.74) is 11.3. The molecule has 0 bridgehead atoms. The number of benzene rings is 1. The summed E-state index contributed by atoms with van der Waals surface area (Å²) in [6.45, 7) is 2.11. The van der Waals surface area contributed by atoms with Crippen LogP contribution < -0.4 is 11.2 Å². The van der Waals surface area contributed by atoms with Crippen molar-refractivity contribution in [2.45, 2.75) is 25.8 Å². The fourth-order valence-electron chi connectivity index (χ4n) is 1.67. The molecule has 0 aromatic heterocycles. The summed E-state index contributed by atoms with van der Waals surface area (Å²) >= 11 is 0. The van der Waals surface area contributed by atoms with Crippen molar-refractivity contribution in [1.29, 1.82) is 0 Å². The lowest BCUT2D eigenvalue weighted by Gasteiger charge is -2.17. The number of carbonyl (C=O) groups excluding carboxylic acids is 1. The van der Waals surface area contributed by atoms with Gasteiger partial charge in [0, 0.05) is 6.42 Å². The standard InChI is InChI=1S/C12H15N3O/c1-2-8-3-5-9(6-4-8)11-7-10(13)12(16)15-14-11/h3-6,10H,2,7,13H2,1H3,(H,15,16). The molecule has 16 heavy (non-hydrogen) atoms. The highest BCUT2D eigenvalue weighted by Gasteiger charge is 2.21. The molecule has 0 aliphatic carbocycles. The number of carbonyl (C=O) groups is 1. The van der Waals surface area contributed by atoms with E-state index in [-0.39, 0.29) is 5.91 Å². The Kier molecular flexibility index (Phi) is 3.01. The third-order valence-electron chi connectivity index (χ3n) is 2.75. The van der Waals surface area contributed by atoms with Gasteiger partial charge in [0.15, 0.2) is 0 Å². The smallest absolute Gasteiger partial charge is 0.257 e. The van der Waals surface area contributed by atoms with Crippen LogP contribution in [0.5, 0.6) is 0 Å². The number of aryl methyl sites for hydroxylation is 1. The highest BCUT2D eigenvalue weighted by molar-refractivity contribution is 6.05. The SMILES string of the molecule is CCc1ccc(C2=NNC(=O)C(N)C2)cc1. The lowest BCUT2D eigenvalue weighted by atomic mass is 10.00. The highest BCUT2D eigenvalue weighted by Crippen LogP contribution is 2.11. The summed E-state index contributed by atoms with van der Waals surface area (Å²) in [6.07, 6.45) is 1.51. The van der Waals surface area contributed by atoms with E-state index in [1.165, 1.54) is 5.56 Å². The normalized spacial score (nSPS) is 20.2. The molecule has 1 unspecified atom stereocenters. The van der Waals surface area contributed by atoms with Crippen LogP contribution in [0.1, 0.15) is 24.5 Å². The molecule has 1 aliphatic heterocycles. The molecule has 0 saturated heterocycles. The Morgan fingerprint density at radius 1 is 1.44 bits per heavy atom. The lowest BCUT2D eigenvalue weighted by molar-refractivity contribution is -0.122. The number of nitrogens with zero attached hydrogens (tertiary/aromatic N) is 1. The number of nitrogens with two attached hydrogens (primary N) is 1. The van der Waals surface area contributed by atoms with Crippen LogP contribution in [0.4, 0.5) is 0 Å². The Bertz CT molecular complexity index is 422. The van der Waals surface area contributed by atoms with Crippen LogP contribution >= 0.6 is 0 Å². The van der Waals surface area contributed by atoms with Crippen LogP contribution in [-0.2, 0) is 11.2 Å². The van der Waals surface area contributed by atoms with Crippen LogP contribution in [0.2, 0.25) is 0 Å². The Morgan fingerprint density at radius 3 is 2.69 bits per heavy atom. The molecular weight excluding hydrogens is 202 g/mol. The molecule has 0 radical (unpaired) electrons. The summed E-state index contributed by atoms with van der Waals surface area (Å²) in [4.78, 5) is 11.1. The van der Waals surface area contributed by atoms with Gasteiger partial charge >= 0.3 is 0 Å². The first-order valence-corrected chi connectivity index (χ1v) is 5.42. The van der Waals surface area contributed by atoms with E-state index >= 15 is 0 Å². The molecule has 4 nitrogen and oxygen atoms in total. The quantitative estimate of drug-likeness (QED) is 0.769. The maximum Gasteiger partial charge on any atom is 0.257 e. The van der Waals surface area contributed by atoms with Gasteiger partial charge < -0.3 is 5.73 Å². The maximum absolute atomic E-state index is 11.1. The third kappa shape index (κ3) is 2.12.